The summed E-state index contributed by atoms with van der Waals surface area (Å²) in [5.74, 6) is 0.724. The first-order valence-corrected chi connectivity index (χ1v) is 8.01. The van der Waals surface area contributed by atoms with Crippen molar-refractivity contribution in [3.8, 4) is 0 Å². The van der Waals surface area contributed by atoms with Crippen LogP contribution in [0.1, 0.15) is 66.7 Å². The van der Waals surface area contributed by atoms with Gasteiger partial charge >= 0.3 is 6.09 Å². The first-order valence-electron chi connectivity index (χ1n) is 8.01. The third-order valence-corrected chi connectivity index (χ3v) is 3.81. The fourth-order valence-corrected chi connectivity index (χ4v) is 2.72. The number of ether oxygens (including phenoxy) is 1. The van der Waals surface area contributed by atoms with Gasteiger partial charge in [0.05, 0.1) is 0 Å². The number of hydrogen-bond acceptors (Lipinski definition) is 3. The third-order valence-electron chi connectivity index (χ3n) is 3.81. The van der Waals surface area contributed by atoms with E-state index in [-0.39, 0.29) is 12.1 Å². The van der Waals surface area contributed by atoms with E-state index in [9.17, 15) is 4.79 Å². The maximum Gasteiger partial charge on any atom is 0.407 e. The Morgan fingerprint density at radius 3 is 2.55 bits per heavy atom. The zero-order chi connectivity index (χ0) is 15.2. The predicted molar refractivity (Wildman–Crippen MR) is 82.9 cm³/mol. The number of amides is 1. The molecular formula is C16H32N2O2. The Hall–Kier alpha value is -0.770. The van der Waals surface area contributed by atoms with E-state index >= 15 is 0 Å². The minimum absolute atomic E-state index is 0.271. The molecular weight excluding hydrogens is 252 g/mol. The van der Waals surface area contributed by atoms with Crippen molar-refractivity contribution < 1.29 is 9.53 Å². The van der Waals surface area contributed by atoms with E-state index in [1.54, 1.807) is 0 Å². The molecule has 0 spiro atoms. The van der Waals surface area contributed by atoms with Crippen LogP contribution in [-0.4, -0.2) is 30.3 Å². The van der Waals surface area contributed by atoms with Crippen molar-refractivity contribution in [2.45, 2.75) is 84.4 Å². The largest absolute Gasteiger partial charge is 0.444 e. The lowest BCUT2D eigenvalue weighted by Crippen LogP contribution is -2.46. The van der Waals surface area contributed by atoms with E-state index < -0.39 is 5.60 Å². The molecule has 1 aliphatic rings. The Morgan fingerprint density at radius 1 is 1.25 bits per heavy atom. The van der Waals surface area contributed by atoms with Crippen LogP contribution < -0.4 is 10.6 Å². The van der Waals surface area contributed by atoms with Gasteiger partial charge < -0.3 is 15.4 Å². The molecule has 4 nitrogen and oxygen atoms in total. The zero-order valence-corrected chi connectivity index (χ0v) is 13.8. The van der Waals surface area contributed by atoms with E-state index in [4.69, 9.17) is 4.74 Å². The lowest BCUT2D eigenvalue weighted by molar-refractivity contribution is 0.0522. The predicted octanol–water partition coefficient (Wildman–Crippen LogP) is 3.46. The molecule has 20 heavy (non-hydrogen) atoms. The topological polar surface area (TPSA) is 50.4 Å². The summed E-state index contributed by atoms with van der Waals surface area (Å²) in [5.41, 5.74) is -0.434. The first-order chi connectivity index (χ1) is 9.28. The molecule has 1 aliphatic carbocycles. The molecule has 1 rings (SSSR count). The highest BCUT2D eigenvalue weighted by molar-refractivity contribution is 5.67. The lowest BCUT2D eigenvalue weighted by atomic mass is 9.96. The first kappa shape index (κ1) is 17.3. The molecule has 2 N–H and O–H groups in total. The smallest absolute Gasteiger partial charge is 0.407 e. The van der Waals surface area contributed by atoms with Crippen molar-refractivity contribution in [1.82, 2.24) is 10.6 Å². The van der Waals surface area contributed by atoms with Crippen LogP contribution in [0.5, 0.6) is 0 Å². The monoisotopic (exact) mass is 284 g/mol. The number of rotatable bonds is 4. The van der Waals surface area contributed by atoms with Crippen LogP contribution >= 0.6 is 0 Å². The fraction of sp³-hybridized carbons (Fsp3) is 0.938. The summed E-state index contributed by atoms with van der Waals surface area (Å²) in [6, 6.07) is 0.848. The van der Waals surface area contributed by atoms with Gasteiger partial charge in [0, 0.05) is 18.6 Å². The average molecular weight is 284 g/mol. The van der Waals surface area contributed by atoms with Crippen LogP contribution in [0.25, 0.3) is 0 Å². The highest BCUT2D eigenvalue weighted by atomic mass is 16.6. The molecule has 3 atom stereocenters. The van der Waals surface area contributed by atoms with Crippen LogP contribution in [0.3, 0.4) is 0 Å². The molecule has 0 aromatic rings. The van der Waals surface area contributed by atoms with Gasteiger partial charge in [0.1, 0.15) is 5.60 Å². The summed E-state index contributed by atoms with van der Waals surface area (Å²) in [4.78, 5) is 11.6. The Balaban J connectivity index is 2.28. The molecule has 118 valence electrons. The minimum Gasteiger partial charge on any atom is -0.444 e. The Labute approximate surface area is 124 Å². The maximum atomic E-state index is 11.6. The average Bonchev–Trinajstić information content (AvgIpc) is 2.50. The summed E-state index contributed by atoms with van der Waals surface area (Å²) in [5, 5.41) is 6.49. The van der Waals surface area contributed by atoms with Crippen LogP contribution in [0.15, 0.2) is 0 Å². The van der Waals surface area contributed by atoms with Gasteiger partial charge in [-0.3, -0.25) is 0 Å². The van der Waals surface area contributed by atoms with E-state index in [1.807, 2.05) is 20.8 Å². The van der Waals surface area contributed by atoms with E-state index in [0.29, 0.717) is 12.6 Å². The van der Waals surface area contributed by atoms with E-state index in [1.165, 1.54) is 32.1 Å². The number of carbonyl (C=O) groups excluding carboxylic acids is 1. The summed E-state index contributed by atoms with van der Waals surface area (Å²) >= 11 is 0. The van der Waals surface area contributed by atoms with Gasteiger partial charge in [0.2, 0.25) is 0 Å². The second-order valence-corrected chi connectivity index (χ2v) is 7.17. The van der Waals surface area contributed by atoms with Crippen molar-refractivity contribution in [3.05, 3.63) is 0 Å². The molecule has 0 aromatic heterocycles. The van der Waals surface area contributed by atoms with Crippen molar-refractivity contribution in [2.75, 3.05) is 6.54 Å². The Kier molecular flexibility index (Phi) is 6.80. The van der Waals surface area contributed by atoms with Gasteiger partial charge in [-0.25, -0.2) is 4.79 Å². The molecule has 1 amide bonds. The van der Waals surface area contributed by atoms with Crippen LogP contribution in [0.4, 0.5) is 4.79 Å². The molecule has 0 saturated heterocycles. The summed E-state index contributed by atoms with van der Waals surface area (Å²) in [6.45, 7) is 10.7. The summed E-state index contributed by atoms with van der Waals surface area (Å²) < 4.78 is 5.24. The van der Waals surface area contributed by atoms with Gasteiger partial charge in [-0.15, -0.1) is 0 Å². The van der Waals surface area contributed by atoms with Crippen molar-refractivity contribution in [1.29, 1.82) is 0 Å². The molecule has 4 heteroatoms. The van der Waals surface area contributed by atoms with Crippen molar-refractivity contribution in [2.24, 2.45) is 5.92 Å². The van der Waals surface area contributed by atoms with Gasteiger partial charge in [-0.2, -0.15) is 0 Å². The molecule has 0 aromatic carbocycles. The molecule has 0 radical (unpaired) electrons. The van der Waals surface area contributed by atoms with Gasteiger partial charge in [0.15, 0.2) is 0 Å². The quantitative estimate of drug-likeness (QED) is 0.777. The van der Waals surface area contributed by atoms with Crippen LogP contribution in [-0.2, 0) is 4.74 Å². The van der Waals surface area contributed by atoms with E-state index in [0.717, 1.165) is 5.92 Å². The van der Waals surface area contributed by atoms with Crippen LogP contribution in [0, 0.1) is 5.92 Å². The van der Waals surface area contributed by atoms with Gasteiger partial charge in [-0.1, -0.05) is 26.2 Å². The van der Waals surface area contributed by atoms with Gasteiger partial charge in [-0.05, 0) is 46.5 Å². The molecule has 0 heterocycles. The second kappa shape index (κ2) is 7.87. The number of hydrogen-bond donors (Lipinski definition) is 2. The van der Waals surface area contributed by atoms with Crippen molar-refractivity contribution in [3.63, 3.8) is 0 Å². The molecule has 1 saturated carbocycles. The summed E-state index contributed by atoms with van der Waals surface area (Å²) in [6.07, 6.45) is 6.24. The zero-order valence-electron chi connectivity index (χ0n) is 13.8. The summed E-state index contributed by atoms with van der Waals surface area (Å²) in [7, 11) is 0. The van der Waals surface area contributed by atoms with E-state index in [2.05, 4.69) is 24.5 Å². The number of alkyl carbamates (subject to hydrolysis) is 1. The third kappa shape index (κ3) is 7.13. The second-order valence-electron chi connectivity index (χ2n) is 7.17. The standard InChI is InChI=1S/C16H32N2O2/c1-12-9-7-6-8-10-14(12)18-13(2)11-17-15(19)20-16(3,4)5/h12-14,18H,6-11H2,1-5H3,(H,17,19). The minimum atomic E-state index is -0.434. The van der Waals surface area contributed by atoms with Gasteiger partial charge in [0.25, 0.3) is 0 Å². The Morgan fingerprint density at radius 2 is 1.90 bits per heavy atom. The molecule has 3 unspecified atom stereocenters. The molecule has 1 fully saturated rings. The number of nitrogens with one attached hydrogen (secondary N) is 2. The Bertz CT molecular complexity index is 299. The molecule has 0 aliphatic heterocycles. The lowest BCUT2D eigenvalue weighted by Gasteiger charge is -2.27. The SMILES string of the molecule is CC(CNC(=O)OC(C)(C)C)NC1CCCCCC1C. The number of carbonyl (C=O) groups is 1. The highest BCUT2D eigenvalue weighted by Gasteiger charge is 2.22. The fourth-order valence-electron chi connectivity index (χ4n) is 2.72. The van der Waals surface area contributed by atoms with Crippen LogP contribution in [0.2, 0.25) is 0 Å². The van der Waals surface area contributed by atoms with Crippen molar-refractivity contribution >= 4 is 6.09 Å². The molecule has 0 bridgehead atoms. The highest BCUT2D eigenvalue weighted by Crippen LogP contribution is 2.23. The normalized spacial score (nSPS) is 25.6. The maximum absolute atomic E-state index is 11.6.